The van der Waals surface area contributed by atoms with Crippen LogP contribution in [-0.4, -0.2) is 29.7 Å². The van der Waals surface area contributed by atoms with Crippen LogP contribution in [0.25, 0.3) is 16.7 Å². The van der Waals surface area contributed by atoms with Gasteiger partial charge in [0.25, 0.3) is 0 Å². The first kappa shape index (κ1) is 17.1. The third-order valence-electron chi connectivity index (χ3n) is 3.96. The number of benzene rings is 1. The van der Waals surface area contributed by atoms with Gasteiger partial charge in [0.2, 0.25) is 5.82 Å². The van der Waals surface area contributed by atoms with Gasteiger partial charge in [-0.1, -0.05) is 30.0 Å². The first-order chi connectivity index (χ1) is 13.0. The monoisotopic (exact) mass is 378 g/mol. The standard InChI is InChI=1S/C18H14N6O2S/c1-11-9-12(2)23(22-11)17-16(24(25)26)18(21-10-20-17)27-14-7-3-5-13-6-4-8-19-15(13)14/h3-10H,1-2H3. The summed E-state index contributed by atoms with van der Waals surface area (Å²) in [6.07, 6.45) is 3.02. The van der Waals surface area contributed by atoms with E-state index in [0.717, 1.165) is 27.2 Å². The molecular weight excluding hydrogens is 364 g/mol. The minimum Gasteiger partial charge on any atom is -0.258 e. The highest BCUT2D eigenvalue weighted by Gasteiger charge is 2.27. The molecule has 8 nitrogen and oxygen atoms in total. The highest BCUT2D eigenvalue weighted by atomic mass is 32.2. The molecule has 0 atom stereocenters. The number of nitrogens with zero attached hydrogens (tertiary/aromatic N) is 6. The van der Waals surface area contributed by atoms with E-state index in [9.17, 15) is 10.1 Å². The molecule has 3 heterocycles. The molecule has 0 unspecified atom stereocenters. The molecule has 1 aromatic carbocycles. The number of pyridine rings is 1. The molecule has 9 heteroatoms. The van der Waals surface area contributed by atoms with Gasteiger partial charge in [0, 0.05) is 22.2 Å². The fourth-order valence-electron chi connectivity index (χ4n) is 2.85. The van der Waals surface area contributed by atoms with Crippen LogP contribution in [-0.2, 0) is 0 Å². The lowest BCUT2D eigenvalue weighted by Crippen LogP contribution is -2.08. The minimum absolute atomic E-state index is 0.149. The van der Waals surface area contributed by atoms with Crippen LogP contribution >= 0.6 is 11.8 Å². The molecule has 3 aromatic heterocycles. The fraction of sp³-hybridized carbons (Fsp3) is 0.111. The molecule has 0 aliphatic carbocycles. The number of aryl methyl sites for hydroxylation is 2. The second-order valence-corrected chi connectivity index (χ2v) is 6.91. The Morgan fingerprint density at radius 3 is 2.67 bits per heavy atom. The van der Waals surface area contributed by atoms with Crippen LogP contribution in [0, 0.1) is 24.0 Å². The zero-order chi connectivity index (χ0) is 19.0. The number of para-hydroxylation sites is 1. The van der Waals surface area contributed by atoms with Crippen molar-refractivity contribution in [3.05, 3.63) is 70.4 Å². The van der Waals surface area contributed by atoms with Crippen molar-refractivity contribution in [3.8, 4) is 5.82 Å². The van der Waals surface area contributed by atoms with E-state index in [1.54, 1.807) is 6.20 Å². The van der Waals surface area contributed by atoms with Crippen molar-refractivity contribution < 1.29 is 4.92 Å². The fourth-order valence-corrected chi connectivity index (χ4v) is 3.83. The Morgan fingerprint density at radius 2 is 1.93 bits per heavy atom. The number of hydrogen-bond acceptors (Lipinski definition) is 7. The quantitative estimate of drug-likeness (QED) is 0.302. The Balaban J connectivity index is 1.87. The lowest BCUT2D eigenvalue weighted by atomic mass is 10.2. The third-order valence-corrected chi connectivity index (χ3v) is 5.01. The highest BCUT2D eigenvalue weighted by Crippen LogP contribution is 2.38. The Kier molecular flexibility index (Phi) is 4.28. The molecule has 0 saturated carbocycles. The molecule has 0 radical (unpaired) electrons. The second-order valence-electron chi connectivity index (χ2n) is 5.88. The molecule has 0 spiro atoms. The molecule has 0 N–H and O–H groups in total. The zero-order valence-electron chi connectivity index (χ0n) is 14.5. The van der Waals surface area contributed by atoms with Crippen molar-refractivity contribution in [1.82, 2.24) is 24.7 Å². The van der Waals surface area contributed by atoms with E-state index in [0.29, 0.717) is 0 Å². The number of fused-ring (bicyclic) bond motifs is 1. The van der Waals surface area contributed by atoms with Gasteiger partial charge in [-0.05, 0) is 32.0 Å². The van der Waals surface area contributed by atoms with Crippen LogP contribution in [0.1, 0.15) is 11.4 Å². The number of hydrogen-bond donors (Lipinski definition) is 0. The van der Waals surface area contributed by atoms with Gasteiger partial charge in [-0.25, -0.2) is 14.6 Å². The van der Waals surface area contributed by atoms with E-state index in [1.807, 2.05) is 50.2 Å². The van der Waals surface area contributed by atoms with Crippen LogP contribution in [0.3, 0.4) is 0 Å². The van der Waals surface area contributed by atoms with Crippen molar-refractivity contribution in [1.29, 1.82) is 0 Å². The van der Waals surface area contributed by atoms with E-state index in [2.05, 4.69) is 20.1 Å². The smallest absolute Gasteiger partial charge is 0.258 e. The molecule has 134 valence electrons. The van der Waals surface area contributed by atoms with Gasteiger partial charge in [0.05, 0.1) is 16.1 Å². The predicted octanol–water partition coefficient (Wildman–Crippen LogP) is 3.89. The third kappa shape index (κ3) is 3.13. The summed E-state index contributed by atoms with van der Waals surface area (Å²) in [6, 6.07) is 11.3. The summed E-state index contributed by atoms with van der Waals surface area (Å²) >= 11 is 1.20. The molecule has 0 amide bonds. The SMILES string of the molecule is Cc1cc(C)n(-c2ncnc(Sc3cccc4cccnc34)c2[N+](=O)[O-])n1. The summed E-state index contributed by atoms with van der Waals surface area (Å²) in [5, 5.41) is 17.4. The van der Waals surface area contributed by atoms with Gasteiger partial charge in [0.1, 0.15) is 6.33 Å². The van der Waals surface area contributed by atoms with Crippen molar-refractivity contribution in [2.45, 2.75) is 23.8 Å². The highest BCUT2D eigenvalue weighted by molar-refractivity contribution is 7.99. The lowest BCUT2D eigenvalue weighted by Gasteiger charge is -2.08. The van der Waals surface area contributed by atoms with Gasteiger partial charge >= 0.3 is 5.69 Å². The summed E-state index contributed by atoms with van der Waals surface area (Å²) in [5.74, 6) is 0.149. The van der Waals surface area contributed by atoms with Gasteiger partial charge in [0.15, 0.2) is 5.03 Å². The molecule has 4 rings (SSSR count). The van der Waals surface area contributed by atoms with E-state index in [4.69, 9.17) is 0 Å². The molecule has 0 aliphatic rings. The summed E-state index contributed by atoms with van der Waals surface area (Å²) in [7, 11) is 0. The van der Waals surface area contributed by atoms with Crippen LogP contribution in [0.15, 0.2) is 58.8 Å². The Hall–Kier alpha value is -3.33. The van der Waals surface area contributed by atoms with Crippen LogP contribution < -0.4 is 0 Å². The normalized spacial score (nSPS) is 11.0. The average molecular weight is 378 g/mol. The molecule has 0 saturated heterocycles. The Labute approximate surface area is 158 Å². The maximum Gasteiger partial charge on any atom is 0.346 e. The zero-order valence-corrected chi connectivity index (χ0v) is 15.3. The van der Waals surface area contributed by atoms with Crippen LogP contribution in [0.2, 0.25) is 0 Å². The van der Waals surface area contributed by atoms with Gasteiger partial charge in [-0.3, -0.25) is 15.1 Å². The van der Waals surface area contributed by atoms with Crippen molar-refractivity contribution in [2.24, 2.45) is 0 Å². The van der Waals surface area contributed by atoms with E-state index in [1.165, 1.54) is 22.8 Å². The summed E-state index contributed by atoms with van der Waals surface area (Å²) in [4.78, 5) is 24.9. The predicted molar refractivity (Wildman–Crippen MR) is 101 cm³/mol. The van der Waals surface area contributed by atoms with Crippen LogP contribution in [0.5, 0.6) is 0 Å². The van der Waals surface area contributed by atoms with Gasteiger partial charge in [-0.15, -0.1) is 0 Å². The van der Waals surface area contributed by atoms with E-state index >= 15 is 0 Å². The molecule has 0 aliphatic heterocycles. The average Bonchev–Trinajstić information content (AvgIpc) is 2.99. The largest absolute Gasteiger partial charge is 0.346 e. The van der Waals surface area contributed by atoms with Crippen molar-refractivity contribution in [2.75, 3.05) is 0 Å². The minimum atomic E-state index is -0.466. The molecule has 4 aromatic rings. The van der Waals surface area contributed by atoms with Crippen molar-refractivity contribution in [3.63, 3.8) is 0 Å². The summed E-state index contributed by atoms with van der Waals surface area (Å²) in [5.41, 5.74) is 2.11. The maximum absolute atomic E-state index is 11.8. The Morgan fingerprint density at radius 1 is 1.11 bits per heavy atom. The summed E-state index contributed by atoms with van der Waals surface area (Å²) < 4.78 is 1.47. The molecular formula is C18H14N6O2S. The Bertz CT molecular complexity index is 1170. The van der Waals surface area contributed by atoms with E-state index < -0.39 is 4.92 Å². The van der Waals surface area contributed by atoms with Gasteiger partial charge < -0.3 is 0 Å². The number of nitro groups is 1. The first-order valence-electron chi connectivity index (χ1n) is 8.09. The topological polar surface area (TPSA) is 99.6 Å². The van der Waals surface area contributed by atoms with Crippen molar-refractivity contribution >= 4 is 28.4 Å². The number of rotatable bonds is 4. The molecule has 27 heavy (non-hydrogen) atoms. The van der Waals surface area contributed by atoms with E-state index in [-0.39, 0.29) is 16.5 Å². The van der Waals surface area contributed by atoms with Crippen LogP contribution in [0.4, 0.5) is 5.69 Å². The first-order valence-corrected chi connectivity index (χ1v) is 8.91. The maximum atomic E-state index is 11.8. The summed E-state index contributed by atoms with van der Waals surface area (Å²) in [6.45, 7) is 3.65. The second kappa shape index (κ2) is 6.76. The number of aromatic nitrogens is 5. The molecule has 0 bridgehead atoms. The molecule has 0 fully saturated rings. The lowest BCUT2D eigenvalue weighted by molar-refractivity contribution is -0.388. The van der Waals surface area contributed by atoms with Gasteiger partial charge in [-0.2, -0.15) is 5.10 Å².